The predicted molar refractivity (Wildman–Crippen MR) is 96.4 cm³/mol. The smallest absolute Gasteiger partial charge is 0.127 e. The SMILES string of the molecule is c1ccc(Oc2ccc([C@@H]3CCCN4CCSN=C34)cc2)cc1. The Kier molecular flexibility index (Phi) is 4.24. The van der Waals surface area contributed by atoms with Crippen molar-refractivity contribution in [2.45, 2.75) is 18.8 Å². The van der Waals surface area contributed by atoms with Crippen molar-refractivity contribution >= 4 is 17.8 Å². The predicted octanol–water partition coefficient (Wildman–Crippen LogP) is 4.72. The second-order valence-corrected chi connectivity index (χ2v) is 6.80. The topological polar surface area (TPSA) is 24.8 Å². The molecule has 2 aromatic rings. The molecule has 2 aliphatic rings. The van der Waals surface area contributed by atoms with Gasteiger partial charge in [0.05, 0.1) is 0 Å². The van der Waals surface area contributed by atoms with Crippen molar-refractivity contribution in [1.82, 2.24) is 4.90 Å². The van der Waals surface area contributed by atoms with Gasteiger partial charge in [-0.25, -0.2) is 4.40 Å². The van der Waals surface area contributed by atoms with Gasteiger partial charge in [0.25, 0.3) is 0 Å². The van der Waals surface area contributed by atoms with Crippen molar-refractivity contribution < 1.29 is 4.74 Å². The molecule has 0 amide bonds. The molecular weight excluding hydrogens is 304 g/mol. The Morgan fingerprint density at radius 3 is 2.57 bits per heavy atom. The van der Waals surface area contributed by atoms with Crippen molar-refractivity contribution in [3.05, 3.63) is 60.2 Å². The summed E-state index contributed by atoms with van der Waals surface area (Å²) in [4.78, 5) is 2.46. The molecule has 4 rings (SSSR count). The molecule has 0 aliphatic carbocycles. The van der Waals surface area contributed by atoms with Crippen LogP contribution in [0.1, 0.15) is 24.3 Å². The highest BCUT2D eigenvalue weighted by Crippen LogP contribution is 2.33. The van der Waals surface area contributed by atoms with E-state index in [0.29, 0.717) is 5.92 Å². The van der Waals surface area contributed by atoms with Gasteiger partial charge in [-0.1, -0.05) is 30.3 Å². The summed E-state index contributed by atoms with van der Waals surface area (Å²) < 4.78 is 10.6. The third-order valence-corrected chi connectivity index (χ3v) is 5.11. The number of ether oxygens (including phenoxy) is 1. The number of amidine groups is 1. The largest absolute Gasteiger partial charge is 0.457 e. The van der Waals surface area contributed by atoms with Crippen LogP contribution in [0.3, 0.4) is 0 Å². The molecular formula is C19H20N2OS. The van der Waals surface area contributed by atoms with Gasteiger partial charge in [0.2, 0.25) is 0 Å². The van der Waals surface area contributed by atoms with Gasteiger partial charge in [-0.05, 0) is 54.6 Å². The second kappa shape index (κ2) is 6.67. The van der Waals surface area contributed by atoms with Gasteiger partial charge in [-0.3, -0.25) is 0 Å². The Hall–Kier alpha value is -1.94. The Bertz CT molecular complexity index is 684. The summed E-state index contributed by atoms with van der Waals surface area (Å²) in [7, 11) is 0. The summed E-state index contributed by atoms with van der Waals surface area (Å²) in [5, 5.41) is 0. The molecule has 0 saturated carbocycles. The van der Waals surface area contributed by atoms with E-state index in [2.05, 4.69) is 29.2 Å². The number of piperidine rings is 1. The van der Waals surface area contributed by atoms with Crippen molar-refractivity contribution in [3.63, 3.8) is 0 Å². The fourth-order valence-electron chi connectivity index (χ4n) is 3.27. The first-order valence-electron chi connectivity index (χ1n) is 8.18. The molecule has 23 heavy (non-hydrogen) atoms. The molecule has 118 valence electrons. The van der Waals surface area contributed by atoms with E-state index in [1.807, 2.05) is 30.3 Å². The standard InChI is InChI=1S/C19H20N2OS/c1-2-5-16(6-3-1)22-17-10-8-15(9-11-17)18-7-4-12-21-13-14-23-20-19(18)21/h1-3,5-6,8-11,18H,4,7,12-14H2/t18-/m0/s1. The number of hydrogen-bond donors (Lipinski definition) is 0. The van der Waals surface area contributed by atoms with Crippen molar-refractivity contribution in [2.24, 2.45) is 4.40 Å². The third kappa shape index (κ3) is 3.22. The number of nitrogens with zero attached hydrogens (tertiary/aromatic N) is 2. The van der Waals surface area contributed by atoms with Gasteiger partial charge in [0.15, 0.2) is 0 Å². The van der Waals surface area contributed by atoms with Gasteiger partial charge in [-0.2, -0.15) is 0 Å². The van der Waals surface area contributed by atoms with Gasteiger partial charge < -0.3 is 9.64 Å². The molecule has 2 aliphatic heterocycles. The zero-order valence-corrected chi connectivity index (χ0v) is 13.8. The summed E-state index contributed by atoms with van der Waals surface area (Å²) in [6.07, 6.45) is 2.44. The van der Waals surface area contributed by atoms with E-state index in [1.165, 1.54) is 24.2 Å². The Labute approximate surface area is 141 Å². The van der Waals surface area contributed by atoms with Gasteiger partial charge in [0, 0.05) is 24.8 Å². The molecule has 0 unspecified atom stereocenters. The molecule has 0 spiro atoms. The summed E-state index contributed by atoms with van der Waals surface area (Å²) in [5.41, 5.74) is 1.34. The highest BCUT2D eigenvalue weighted by molar-refractivity contribution is 7.98. The summed E-state index contributed by atoms with van der Waals surface area (Å²) in [5.74, 6) is 4.57. The lowest BCUT2D eigenvalue weighted by Crippen LogP contribution is -2.42. The fourth-order valence-corrected chi connectivity index (χ4v) is 4.04. The number of rotatable bonds is 3. The van der Waals surface area contributed by atoms with E-state index in [4.69, 9.17) is 9.13 Å². The van der Waals surface area contributed by atoms with E-state index in [1.54, 1.807) is 11.9 Å². The van der Waals surface area contributed by atoms with Crippen molar-refractivity contribution in [3.8, 4) is 11.5 Å². The number of fused-ring (bicyclic) bond motifs is 1. The number of para-hydroxylation sites is 1. The van der Waals surface area contributed by atoms with Gasteiger partial charge in [0.1, 0.15) is 17.3 Å². The van der Waals surface area contributed by atoms with E-state index >= 15 is 0 Å². The summed E-state index contributed by atoms with van der Waals surface area (Å²) in [6, 6.07) is 18.4. The average Bonchev–Trinajstić information content (AvgIpc) is 2.63. The molecule has 0 N–H and O–H groups in total. The van der Waals surface area contributed by atoms with Crippen LogP contribution in [-0.4, -0.2) is 29.6 Å². The second-order valence-electron chi connectivity index (χ2n) is 5.95. The third-order valence-electron chi connectivity index (χ3n) is 4.43. The van der Waals surface area contributed by atoms with Crippen molar-refractivity contribution in [1.29, 1.82) is 0 Å². The molecule has 1 fully saturated rings. The van der Waals surface area contributed by atoms with Crippen LogP contribution >= 0.6 is 11.9 Å². The number of benzene rings is 2. The summed E-state index contributed by atoms with van der Waals surface area (Å²) >= 11 is 1.71. The molecule has 1 saturated heterocycles. The molecule has 1 atom stereocenters. The minimum absolute atomic E-state index is 0.433. The Balaban J connectivity index is 1.52. The highest BCUT2D eigenvalue weighted by atomic mass is 32.2. The van der Waals surface area contributed by atoms with E-state index in [9.17, 15) is 0 Å². The van der Waals surface area contributed by atoms with E-state index in [0.717, 1.165) is 30.3 Å². The van der Waals surface area contributed by atoms with Crippen LogP contribution in [0.25, 0.3) is 0 Å². The van der Waals surface area contributed by atoms with Gasteiger partial charge in [-0.15, -0.1) is 0 Å². The molecule has 4 heteroatoms. The molecule has 2 aromatic carbocycles. The Morgan fingerprint density at radius 1 is 0.957 bits per heavy atom. The fraction of sp³-hybridized carbons (Fsp3) is 0.316. The zero-order valence-electron chi connectivity index (χ0n) is 13.0. The normalized spacial score (nSPS) is 20.6. The molecule has 2 heterocycles. The lowest BCUT2D eigenvalue weighted by molar-refractivity contribution is 0.371. The zero-order chi connectivity index (χ0) is 15.5. The van der Waals surface area contributed by atoms with Crippen LogP contribution in [0.15, 0.2) is 59.0 Å². The monoisotopic (exact) mass is 324 g/mol. The maximum absolute atomic E-state index is 5.88. The minimum Gasteiger partial charge on any atom is -0.457 e. The first-order chi connectivity index (χ1) is 11.4. The maximum Gasteiger partial charge on any atom is 0.127 e. The lowest BCUT2D eigenvalue weighted by atomic mass is 9.89. The first kappa shape index (κ1) is 14.6. The Morgan fingerprint density at radius 2 is 1.74 bits per heavy atom. The molecule has 3 nitrogen and oxygen atoms in total. The van der Waals surface area contributed by atoms with Crippen LogP contribution in [0, 0.1) is 0 Å². The van der Waals surface area contributed by atoms with Crippen molar-refractivity contribution in [2.75, 3.05) is 18.8 Å². The average molecular weight is 324 g/mol. The maximum atomic E-state index is 5.88. The number of hydrogen-bond acceptors (Lipinski definition) is 4. The van der Waals surface area contributed by atoms with Crippen LogP contribution in [0.4, 0.5) is 0 Å². The van der Waals surface area contributed by atoms with Crippen LogP contribution in [0.2, 0.25) is 0 Å². The van der Waals surface area contributed by atoms with E-state index < -0.39 is 0 Å². The van der Waals surface area contributed by atoms with Crippen LogP contribution in [0.5, 0.6) is 11.5 Å². The van der Waals surface area contributed by atoms with Crippen LogP contribution < -0.4 is 4.74 Å². The van der Waals surface area contributed by atoms with Gasteiger partial charge >= 0.3 is 0 Å². The molecule has 0 aromatic heterocycles. The quantitative estimate of drug-likeness (QED) is 0.764. The van der Waals surface area contributed by atoms with Crippen LogP contribution in [-0.2, 0) is 0 Å². The first-order valence-corrected chi connectivity index (χ1v) is 9.12. The lowest BCUT2D eigenvalue weighted by Gasteiger charge is -2.37. The molecule has 0 radical (unpaired) electrons. The van der Waals surface area contributed by atoms with E-state index in [-0.39, 0.29) is 0 Å². The minimum atomic E-state index is 0.433. The summed E-state index contributed by atoms with van der Waals surface area (Å²) in [6.45, 7) is 2.29. The highest BCUT2D eigenvalue weighted by Gasteiger charge is 2.29. The molecule has 0 bridgehead atoms.